The molecule has 1 amide bonds. The number of benzene rings is 2. The van der Waals surface area contributed by atoms with Gasteiger partial charge in [0.25, 0.3) is 0 Å². The van der Waals surface area contributed by atoms with Crippen LogP contribution in [-0.2, 0) is 21.4 Å². The van der Waals surface area contributed by atoms with Crippen molar-refractivity contribution < 1.29 is 35.5 Å². The molecular formula is C26H23F4N3O4S. The first-order chi connectivity index (χ1) is 18.1. The first kappa shape index (κ1) is 27.3. The van der Waals surface area contributed by atoms with E-state index in [1.807, 2.05) is 0 Å². The minimum Gasteiger partial charge on any atom is -0.435 e. The van der Waals surface area contributed by atoms with E-state index < -0.39 is 40.2 Å². The van der Waals surface area contributed by atoms with Gasteiger partial charge in [-0.05, 0) is 60.4 Å². The van der Waals surface area contributed by atoms with E-state index >= 15 is 0 Å². The van der Waals surface area contributed by atoms with Gasteiger partial charge in [0.15, 0.2) is 0 Å². The Labute approximate surface area is 216 Å². The highest BCUT2D eigenvalue weighted by Gasteiger charge is 2.43. The number of ether oxygens (including phenoxy) is 1. The topological polar surface area (TPSA) is 88.6 Å². The summed E-state index contributed by atoms with van der Waals surface area (Å²) in [6.07, 6.45) is 2.74. The average Bonchev–Trinajstić information content (AvgIpc) is 3.34. The SMILES string of the molecule is C=CC1CC(C(=O)NCc2cc(-c3ccc(OC(F)F)cc3)c(F)cn2)N(S(=O)(=O)c2ccc(F)cc2)C1. The molecule has 1 aliphatic rings. The summed E-state index contributed by atoms with van der Waals surface area (Å²) >= 11 is 0. The number of nitrogens with zero attached hydrogens (tertiary/aromatic N) is 2. The Balaban J connectivity index is 1.50. The highest BCUT2D eigenvalue weighted by Crippen LogP contribution is 2.31. The van der Waals surface area contributed by atoms with Crippen LogP contribution < -0.4 is 10.1 Å². The van der Waals surface area contributed by atoms with E-state index in [4.69, 9.17) is 0 Å². The highest BCUT2D eigenvalue weighted by molar-refractivity contribution is 7.89. The first-order valence-electron chi connectivity index (χ1n) is 11.5. The number of alkyl halides is 2. The zero-order valence-corrected chi connectivity index (χ0v) is 20.7. The quantitative estimate of drug-likeness (QED) is 0.314. The summed E-state index contributed by atoms with van der Waals surface area (Å²) in [7, 11) is -4.10. The molecule has 0 bridgehead atoms. The van der Waals surface area contributed by atoms with Crippen LogP contribution in [0.3, 0.4) is 0 Å². The fourth-order valence-electron chi connectivity index (χ4n) is 4.16. The second-order valence-corrected chi connectivity index (χ2v) is 10.4. The molecule has 3 aromatic rings. The molecule has 1 fully saturated rings. The van der Waals surface area contributed by atoms with Gasteiger partial charge in [0.2, 0.25) is 15.9 Å². The molecule has 1 aliphatic heterocycles. The molecule has 12 heteroatoms. The number of carbonyl (C=O) groups excluding carboxylic acids is 1. The molecule has 0 aliphatic carbocycles. The Hall–Kier alpha value is -3.77. The van der Waals surface area contributed by atoms with Crippen molar-refractivity contribution in [2.45, 2.75) is 30.5 Å². The number of hydrogen-bond acceptors (Lipinski definition) is 5. The molecule has 7 nitrogen and oxygen atoms in total. The summed E-state index contributed by atoms with van der Waals surface area (Å²) in [5.74, 6) is -2.19. The normalized spacial score (nSPS) is 17.9. The number of pyridine rings is 1. The minimum atomic E-state index is -4.10. The van der Waals surface area contributed by atoms with Crippen molar-refractivity contribution in [3.63, 3.8) is 0 Å². The number of carbonyl (C=O) groups is 1. The average molecular weight is 550 g/mol. The molecule has 0 saturated carbocycles. The van der Waals surface area contributed by atoms with E-state index in [0.717, 1.165) is 34.8 Å². The monoisotopic (exact) mass is 549 g/mol. The van der Waals surface area contributed by atoms with Crippen molar-refractivity contribution in [1.29, 1.82) is 0 Å². The summed E-state index contributed by atoms with van der Waals surface area (Å²) < 4.78 is 84.3. The third-order valence-corrected chi connectivity index (χ3v) is 7.98. The number of aromatic nitrogens is 1. The predicted molar refractivity (Wildman–Crippen MR) is 130 cm³/mol. The Morgan fingerprint density at radius 2 is 1.84 bits per heavy atom. The van der Waals surface area contributed by atoms with Crippen molar-refractivity contribution >= 4 is 15.9 Å². The molecule has 2 heterocycles. The van der Waals surface area contributed by atoms with Crippen LogP contribution in [-0.4, -0.2) is 42.8 Å². The molecule has 4 rings (SSSR count). The van der Waals surface area contributed by atoms with Crippen LogP contribution in [0.1, 0.15) is 12.1 Å². The fraction of sp³-hybridized carbons (Fsp3) is 0.231. The van der Waals surface area contributed by atoms with E-state index in [9.17, 15) is 30.8 Å². The van der Waals surface area contributed by atoms with Gasteiger partial charge in [-0.1, -0.05) is 18.2 Å². The summed E-state index contributed by atoms with van der Waals surface area (Å²) in [5.41, 5.74) is 0.787. The molecule has 1 saturated heterocycles. The lowest BCUT2D eigenvalue weighted by Crippen LogP contribution is -2.45. The number of rotatable bonds is 9. The van der Waals surface area contributed by atoms with E-state index in [1.54, 1.807) is 6.08 Å². The lowest BCUT2D eigenvalue weighted by atomic mass is 10.0. The van der Waals surface area contributed by atoms with E-state index in [2.05, 4.69) is 21.6 Å². The lowest BCUT2D eigenvalue weighted by molar-refractivity contribution is -0.124. The molecule has 38 heavy (non-hydrogen) atoms. The van der Waals surface area contributed by atoms with Crippen LogP contribution in [0.5, 0.6) is 5.75 Å². The van der Waals surface area contributed by atoms with Gasteiger partial charge in [0.05, 0.1) is 23.3 Å². The molecule has 2 aromatic carbocycles. The van der Waals surface area contributed by atoms with Crippen molar-refractivity contribution in [2.24, 2.45) is 5.92 Å². The maximum absolute atomic E-state index is 14.5. The number of halogens is 4. The lowest BCUT2D eigenvalue weighted by Gasteiger charge is -2.23. The van der Waals surface area contributed by atoms with Crippen LogP contribution in [0.25, 0.3) is 11.1 Å². The second kappa shape index (κ2) is 11.3. The molecule has 200 valence electrons. The van der Waals surface area contributed by atoms with Crippen molar-refractivity contribution in [2.75, 3.05) is 6.54 Å². The van der Waals surface area contributed by atoms with Gasteiger partial charge in [-0.25, -0.2) is 17.2 Å². The number of sulfonamides is 1. The van der Waals surface area contributed by atoms with Gasteiger partial charge in [-0.3, -0.25) is 9.78 Å². The zero-order chi connectivity index (χ0) is 27.4. The molecule has 0 radical (unpaired) electrons. The summed E-state index contributed by atoms with van der Waals surface area (Å²) in [4.78, 5) is 16.9. The summed E-state index contributed by atoms with van der Waals surface area (Å²) in [5, 5.41) is 2.65. The van der Waals surface area contributed by atoms with Gasteiger partial charge in [-0.2, -0.15) is 13.1 Å². The minimum absolute atomic E-state index is 0.0332. The Morgan fingerprint density at radius 1 is 1.16 bits per heavy atom. The van der Waals surface area contributed by atoms with Crippen LogP contribution in [0, 0.1) is 17.6 Å². The second-order valence-electron chi connectivity index (χ2n) is 8.55. The Morgan fingerprint density at radius 3 is 2.47 bits per heavy atom. The van der Waals surface area contributed by atoms with Gasteiger partial charge < -0.3 is 10.1 Å². The van der Waals surface area contributed by atoms with E-state index in [0.29, 0.717) is 5.56 Å². The van der Waals surface area contributed by atoms with Crippen LogP contribution in [0.15, 0.2) is 78.3 Å². The standard InChI is InChI=1S/C26H23F4N3O4S/c1-2-16-11-24(33(15-16)38(35,36)21-9-5-18(27)6-10-21)25(34)32-13-19-12-22(23(28)14-31-19)17-3-7-20(8-4-17)37-26(29)30/h2-10,12,14,16,24,26H,1,11,13,15H2,(H,32,34). The largest absolute Gasteiger partial charge is 0.435 e. The highest BCUT2D eigenvalue weighted by atomic mass is 32.2. The number of amides is 1. The zero-order valence-electron chi connectivity index (χ0n) is 19.9. The van der Waals surface area contributed by atoms with Crippen molar-refractivity contribution in [1.82, 2.24) is 14.6 Å². The van der Waals surface area contributed by atoms with Crippen molar-refractivity contribution in [3.05, 3.63) is 90.8 Å². The van der Waals surface area contributed by atoms with Gasteiger partial charge in [0.1, 0.15) is 23.4 Å². The predicted octanol–water partition coefficient (Wildman–Crippen LogP) is 4.51. The number of hydrogen-bond donors (Lipinski definition) is 1. The first-order valence-corrected chi connectivity index (χ1v) is 12.9. The van der Waals surface area contributed by atoms with Crippen molar-refractivity contribution in [3.8, 4) is 16.9 Å². The molecule has 0 spiro atoms. The van der Waals surface area contributed by atoms with E-state index in [1.165, 1.54) is 30.3 Å². The number of nitrogens with one attached hydrogen (secondary N) is 1. The fourth-order valence-corrected chi connectivity index (χ4v) is 5.82. The van der Waals surface area contributed by atoms with Gasteiger partial charge in [-0.15, -0.1) is 6.58 Å². The van der Waals surface area contributed by atoms with Crippen LogP contribution >= 0.6 is 0 Å². The maximum Gasteiger partial charge on any atom is 0.387 e. The molecule has 2 atom stereocenters. The third-order valence-electron chi connectivity index (χ3n) is 6.09. The summed E-state index contributed by atoms with van der Waals surface area (Å²) in [6, 6.07) is 10.0. The van der Waals surface area contributed by atoms with E-state index in [-0.39, 0.29) is 47.3 Å². The molecule has 1 N–H and O–H groups in total. The summed E-state index contributed by atoms with van der Waals surface area (Å²) in [6.45, 7) is 0.621. The molecule has 1 aromatic heterocycles. The van der Waals surface area contributed by atoms with Crippen LogP contribution in [0.2, 0.25) is 0 Å². The Kier molecular flexibility index (Phi) is 8.12. The maximum atomic E-state index is 14.5. The van der Waals surface area contributed by atoms with Crippen LogP contribution in [0.4, 0.5) is 17.6 Å². The molecular weight excluding hydrogens is 526 g/mol. The third kappa shape index (κ3) is 6.03. The smallest absolute Gasteiger partial charge is 0.387 e. The molecule has 2 unspecified atom stereocenters. The van der Waals surface area contributed by atoms with Gasteiger partial charge in [0, 0.05) is 12.1 Å². The Bertz CT molecular complexity index is 1420. The van der Waals surface area contributed by atoms with Gasteiger partial charge >= 0.3 is 6.61 Å².